The standard InChI is InChI=1S/C24H29N7O2/c1-32-21-10-9-18-7-3-4-8-19(18)20(21)17-25-29-22-26-23(30-11-5-2-6-12-30)28-24(27-22)31-13-15-33-16-14-31/h3-4,7-10,17H,2,5-6,11-16H2,1H3,(H,26,27,28,29). The number of nitrogens with zero attached hydrogens (tertiary/aromatic N) is 6. The minimum absolute atomic E-state index is 0.433. The van der Waals surface area contributed by atoms with Gasteiger partial charge in [0, 0.05) is 31.7 Å². The van der Waals surface area contributed by atoms with Crippen molar-refractivity contribution >= 4 is 34.8 Å². The smallest absolute Gasteiger partial charge is 0.250 e. The van der Waals surface area contributed by atoms with Crippen molar-refractivity contribution in [3.8, 4) is 5.75 Å². The van der Waals surface area contributed by atoms with Crippen molar-refractivity contribution in [1.82, 2.24) is 15.0 Å². The van der Waals surface area contributed by atoms with Gasteiger partial charge in [-0.3, -0.25) is 0 Å². The lowest BCUT2D eigenvalue weighted by Gasteiger charge is -2.30. The van der Waals surface area contributed by atoms with Crippen molar-refractivity contribution in [2.24, 2.45) is 5.10 Å². The van der Waals surface area contributed by atoms with Crippen molar-refractivity contribution in [1.29, 1.82) is 0 Å². The average molecular weight is 448 g/mol. The number of ether oxygens (including phenoxy) is 2. The number of anilines is 3. The molecular formula is C24H29N7O2. The van der Waals surface area contributed by atoms with E-state index in [1.807, 2.05) is 24.3 Å². The molecule has 0 amide bonds. The molecule has 0 aliphatic carbocycles. The molecule has 5 rings (SSSR count). The van der Waals surface area contributed by atoms with Crippen LogP contribution in [0.15, 0.2) is 41.5 Å². The lowest BCUT2D eigenvalue weighted by atomic mass is 10.0. The van der Waals surface area contributed by atoms with Gasteiger partial charge >= 0.3 is 0 Å². The fourth-order valence-corrected chi connectivity index (χ4v) is 4.29. The van der Waals surface area contributed by atoms with E-state index < -0.39 is 0 Å². The molecule has 0 spiro atoms. The molecule has 9 heteroatoms. The van der Waals surface area contributed by atoms with Crippen LogP contribution in [-0.4, -0.2) is 67.7 Å². The fraction of sp³-hybridized carbons (Fsp3) is 0.417. The maximum atomic E-state index is 5.57. The van der Waals surface area contributed by atoms with Crippen molar-refractivity contribution < 1.29 is 9.47 Å². The summed E-state index contributed by atoms with van der Waals surface area (Å²) in [6.45, 7) is 4.79. The summed E-state index contributed by atoms with van der Waals surface area (Å²) in [5.41, 5.74) is 3.94. The monoisotopic (exact) mass is 447 g/mol. The average Bonchev–Trinajstić information content (AvgIpc) is 2.89. The number of piperidine rings is 1. The molecule has 2 fully saturated rings. The van der Waals surface area contributed by atoms with Gasteiger partial charge in [-0.1, -0.05) is 30.3 Å². The summed E-state index contributed by atoms with van der Waals surface area (Å²) in [6, 6.07) is 12.2. The summed E-state index contributed by atoms with van der Waals surface area (Å²) in [6.07, 6.45) is 5.32. The van der Waals surface area contributed by atoms with Gasteiger partial charge in [-0.15, -0.1) is 0 Å². The number of aromatic nitrogens is 3. The van der Waals surface area contributed by atoms with Gasteiger partial charge in [0.2, 0.25) is 17.8 Å². The zero-order valence-corrected chi connectivity index (χ0v) is 18.9. The van der Waals surface area contributed by atoms with Crippen LogP contribution in [0.25, 0.3) is 10.8 Å². The van der Waals surface area contributed by atoms with Gasteiger partial charge in [-0.25, -0.2) is 5.43 Å². The van der Waals surface area contributed by atoms with Crippen LogP contribution in [-0.2, 0) is 4.74 Å². The third kappa shape index (κ3) is 4.83. The molecule has 0 radical (unpaired) electrons. The van der Waals surface area contributed by atoms with Crippen LogP contribution < -0.4 is 20.0 Å². The Balaban J connectivity index is 1.44. The first-order valence-corrected chi connectivity index (χ1v) is 11.5. The number of benzene rings is 2. The molecule has 3 aromatic rings. The number of hydrogen-bond donors (Lipinski definition) is 1. The predicted octanol–water partition coefficient (Wildman–Crippen LogP) is 3.31. The van der Waals surface area contributed by atoms with E-state index in [2.05, 4.69) is 42.4 Å². The summed E-state index contributed by atoms with van der Waals surface area (Å²) in [5.74, 6) is 2.56. The Bertz CT molecular complexity index is 1090. The molecule has 3 heterocycles. The van der Waals surface area contributed by atoms with Gasteiger partial charge in [0.1, 0.15) is 5.75 Å². The second kappa shape index (κ2) is 9.99. The van der Waals surface area contributed by atoms with Gasteiger partial charge in [0.15, 0.2) is 0 Å². The SMILES string of the molecule is COc1ccc2ccccc2c1C=NNc1nc(N2CCCCC2)nc(N2CCOCC2)n1. The van der Waals surface area contributed by atoms with E-state index >= 15 is 0 Å². The highest BCUT2D eigenvalue weighted by Crippen LogP contribution is 2.26. The van der Waals surface area contributed by atoms with Crippen LogP contribution >= 0.6 is 0 Å². The summed E-state index contributed by atoms with van der Waals surface area (Å²) >= 11 is 0. The Morgan fingerprint density at radius 2 is 1.64 bits per heavy atom. The van der Waals surface area contributed by atoms with Crippen molar-refractivity contribution in [3.05, 3.63) is 42.0 Å². The molecule has 0 bridgehead atoms. The molecule has 9 nitrogen and oxygen atoms in total. The first-order chi connectivity index (χ1) is 16.3. The van der Waals surface area contributed by atoms with Crippen LogP contribution in [0.2, 0.25) is 0 Å². The third-order valence-corrected chi connectivity index (χ3v) is 6.05. The first-order valence-electron chi connectivity index (χ1n) is 11.5. The minimum Gasteiger partial charge on any atom is -0.496 e. The highest BCUT2D eigenvalue weighted by atomic mass is 16.5. The normalized spacial score (nSPS) is 17.0. The second-order valence-electron chi connectivity index (χ2n) is 8.18. The van der Waals surface area contributed by atoms with Crippen molar-refractivity contribution in [3.63, 3.8) is 0 Å². The van der Waals surface area contributed by atoms with E-state index in [0.717, 1.165) is 61.1 Å². The number of rotatable bonds is 6. The molecule has 2 aliphatic rings. The molecule has 1 N–H and O–H groups in total. The summed E-state index contributed by atoms with van der Waals surface area (Å²) in [7, 11) is 1.67. The molecule has 0 unspecified atom stereocenters. The number of nitrogens with one attached hydrogen (secondary N) is 1. The number of morpholine rings is 1. The molecular weight excluding hydrogens is 418 g/mol. The number of hydrazone groups is 1. The molecule has 0 atom stereocenters. The quantitative estimate of drug-likeness (QED) is 0.455. The predicted molar refractivity (Wildman–Crippen MR) is 131 cm³/mol. The van der Waals surface area contributed by atoms with E-state index in [-0.39, 0.29) is 0 Å². The molecule has 172 valence electrons. The first kappa shape index (κ1) is 21.4. The van der Waals surface area contributed by atoms with Crippen LogP contribution in [0.5, 0.6) is 5.75 Å². The van der Waals surface area contributed by atoms with Gasteiger partial charge in [-0.2, -0.15) is 20.1 Å². The molecule has 33 heavy (non-hydrogen) atoms. The Labute approximate surface area is 193 Å². The second-order valence-corrected chi connectivity index (χ2v) is 8.18. The van der Waals surface area contributed by atoms with Gasteiger partial charge in [0.25, 0.3) is 0 Å². The Hall–Kier alpha value is -3.46. The topological polar surface area (TPSA) is 88.0 Å². The largest absolute Gasteiger partial charge is 0.496 e. The van der Waals surface area contributed by atoms with E-state index in [1.165, 1.54) is 6.42 Å². The maximum Gasteiger partial charge on any atom is 0.250 e. The Morgan fingerprint density at radius 1 is 0.909 bits per heavy atom. The molecule has 2 aliphatic heterocycles. The zero-order chi connectivity index (χ0) is 22.5. The summed E-state index contributed by atoms with van der Waals surface area (Å²) in [4.78, 5) is 18.5. The van der Waals surface area contributed by atoms with E-state index in [1.54, 1.807) is 13.3 Å². The highest BCUT2D eigenvalue weighted by molar-refractivity contribution is 6.02. The van der Waals surface area contributed by atoms with E-state index in [0.29, 0.717) is 31.1 Å². The van der Waals surface area contributed by atoms with Crippen LogP contribution in [0.3, 0.4) is 0 Å². The maximum absolute atomic E-state index is 5.57. The molecule has 2 saturated heterocycles. The van der Waals surface area contributed by atoms with Gasteiger partial charge in [-0.05, 0) is 36.1 Å². The van der Waals surface area contributed by atoms with Crippen molar-refractivity contribution in [2.45, 2.75) is 19.3 Å². The lowest BCUT2D eigenvalue weighted by Crippen LogP contribution is -2.38. The van der Waals surface area contributed by atoms with Crippen LogP contribution in [0.4, 0.5) is 17.8 Å². The van der Waals surface area contributed by atoms with E-state index in [9.17, 15) is 0 Å². The lowest BCUT2D eigenvalue weighted by molar-refractivity contribution is 0.122. The minimum atomic E-state index is 0.433. The number of methoxy groups -OCH3 is 1. The highest BCUT2D eigenvalue weighted by Gasteiger charge is 2.20. The molecule has 0 saturated carbocycles. The third-order valence-electron chi connectivity index (χ3n) is 6.05. The van der Waals surface area contributed by atoms with Gasteiger partial charge in [0.05, 0.1) is 26.5 Å². The fourth-order valence-electron chi connectivity index (χ4n) is 4.29. The Kier molecular flexibility index (Phi) is 6.48. The Morgan fingerprint density at radius 3 is 2.39 bits per heavy atom. The van der Waals surface area contributed by atoms with Crippen molar-refractivity contribution in [2.75, 3.05) is 61.7 Å². The zero-order valence-electron chi connectivity index (χ0n) is 18.9. The van der Waals surface area contributed by atoms with Crippen LogP contribution in [0.1, 0.15) is 24.8 Å². The van der Waals surface area contributed by atoms with Gasteiger partial charge < -0.3 is 19.3 Å². The number of hydrogen-bond acceptors (Lipinski definition) is 9. The number of fused-ring (bicyclic) bond motifs is 1. The summed E-state index contributed by atoms with van der Waals surface area (Å²) < 4.78 is 11.1. The molecule has 1 aromatic heterocycles. The van der Waals surface area contributed by atoms with E-state index in [4.69, 9.17) is 14.5 Å². The summed E-state index contributed by atoms with van der Waals surface area (Å²) in [5, 5.41) is 6.67. The van der Waals surface area contributed by atoms with Crippen LogP contribution in [0, 0.1) is 0 Å². The molecule has 2 aromatic carbocycles.